The predicted octanol–water partition coefficient (Wildman–Crippen LogP) is 6.02. The third kappa shape index (κ3) is 4.13. The van der Waals surface area contributed by atoms with E-state index in [0.717, 1.165) is 31.7 Å². The van der Waals surface area contributed by atoms with Crippen LogP contribution in [0.5, 0.6) is 5.75 Å². The Morgan fingerprint density at radius 2 is 1.79 bits per heavy atom. The van der Waals surface area contributed by atoms with Gasteiger partial charge in [-0.25, -0.2) is 23.1 Å². The number of carbonyl (C=O) groups is 1. The lowest BCUT2D eigenvalue weighted by atomic mass is 9.61. The average Bonchev–Trinajstić information content (AvgIpc) is 3.33. The molecule has 10 heteroatoms. The summed E-state index contributed by atoms with van der Waals surface area (Å²) < 4.78 is 47.8. The molecule has 0 aliphatic heterocycles. The first-order valence-electron chi connectivity index (χ1n) is 12.5. The molecule has 2 atom stereocenters. The number of H-pyrrole nitrogens is 1. The first kappa shape index (κ1) is 24.3. The first-order valence-corrected chi connectivity index (χ1v) is 12.5. The Morgan fingerprint density at radius 1 is 1.03 bits per heavy atom. The van der Waals surface area contributed by atoms with E-state index in [4.69, 9.17) is 4.74 Å². The molecule has 0 saturated heterocycles. The maximum atomic E-state index is 14.4. The maximum absolute atomic E-state index is 14.4. The topological polar surface area (TPSA) is 100 Å². The van der Waals surface area contributed by atoms with Crippen molar-refractivity contribution < 1.29 is 27.8 Å². The molecule has 3 saturated carbocycles. The summed E-state index contributed by atoms with van der Waals surface area (Å²) in [5.41, 5.74) is 1.43. The number of nitrogens with zero attached hydrogens (tertiary/aromatic N) is 2. The Labute approximate surface area is 216 Å². The van der Waals surface area contributed by atoms with Crippen LogP contribution >= 0.6 is 0 Å². The molecule has 2 aromatic carbocycles. The number of nitrogens with one attached hydrogen (secondary N) is 2. The summed E-state index contributed by atoms with van der Waals surface area (Å²) in [4.78, 5) is 24.3. The van der Waals surface area contributed by atoms with E-state index in [0.29, 0.717) is 22.6 Å². The minimum atomic E-state index is -0.836. The van der Waals surface area contributed by atoms with Crippen LogP contribution in [0.4, 0.5) is 19.0 Å². The molecule has 3 N–H and O–H groups in total. The zero-order valence-corrected chi connectivity index (χ0v) is 20.5. The fraction of sp³-hybridized carbons (Fsp3) is 0.321. The molecule has 7 rings (SSSR count). The molecule has 3 aliphatic rings. The van der Waals surface area contributed by atoms with Gasteiger partial charge in [-0.2, -0.15) is 0 Å². The Bertz CT molecular complexity index is 1550. The number of hydrogen-bond acceptors (Lipinski definition) is 5. The molecule has 38 heavy (non-hydrogen) atoms. The smallest absolute Gasteiger partial charge is 0.308 e. The summed E-state index contributed by atoms with van der Waals surface area (Å²) in [6.07, 6.45) is 5.16. The number of aromatic amines is 1. The van der Waals surface area contributed by atoms with Gasteiger partial charge in [-0.05, 0) is 61.8 Å². The van der Waals surface area contributed by atoms with Crippen molar-refractivity contribution in [1.29, 1.82) is 0 Å². The molecule has 3 fully saturated rings. The molecule has 7 nitrogen and oxygen atoms in total. The Hall–Kier alpha value is -4.08. The fourth-order valence-electron chi connectivity index (χ4n) is 6.13. The highest BCUT2D eigenvalue weighted by Gasteiger charge is 2.47. The number of halogens is 3. The monoisotopic (exact) mass is 522 g/mol. The molecule has 0 amide bonds. The largest absolute Gasteiger partial charge is 0.494 e. The van der Waals surface area contributed by atoms with E-state index in [2.05, 4.69) is 20.3 Å². The van der Waals surface area contributed by atoms with Crippen molar-refractivity contribution >= 4 is 22.7 Å². The summed E-state index contributed by atoms with van der Waals surface area (Å²) in [6.45, 7) is 0. The minimum absolute atomic E-state index is 0.0314. The summed E-state index contributed by atoms with van der Waals surface area (Å²) in [7, 11) is 1.36. The number of carboxylic acid groups (broad SMARTS) is 1. The van der Waals surface area contributed by atoms with Gasteiger partial charge in [0.2, 0.25) is 0 Å². The number of carboxylic acids is 1. The van der Waals surface area contributed by atoms with Crippen molar-refractivity contribution in [3.8, 4) is 28.4 Å². The van der Waals surface area contributed by atoms with Gasteiger partial charge >= 0.3 is 5.97 Å². The quantitative estimate of drug-likeness (QED) is 0.286. The van der Waals surface area contributed by atoms with Gasteiger partial charge in [-0.3, -0.25) is 4.79 Å². The SMILES string of the molecule is COc1cc(-c2cc(N[C@H]3C4CCC(CC4)[C@@H]3C(=O)O)nc(-c3c[nH]c4c(F)cc(F)cc34)n2)ccc1F. The number of hydrogen-bond donors (Lipinski definition) is 3. The van der Waals surface area contributed by atoms with E-state index < -0.39 is 29.3 Å². The number of methoxy groups -OCH3 is 1. The normalized spacial score (nSPS) is 22.5. The molecule has 196 valence electrons. The highest BCUT2D eigenvalue weighted by Crippen LogP contribution is 2.46. The minimum Gasteiger partial charge on any atom is -0.494 e. The average molecular weight is 523 g/mol. The van der Waals surface area contributed by atoms with E-state index >= 15 is 0 Å². The Kier molecular flexibility index (Phi) is 5.97. The molecule has 0 unspecified atom stereocenters. The Morgan fingerprint density at radius 3 is 2.53 bits per heavy atom. The second kappa shape index (κ2) is 9.34. The molecule has 4 aromatic rings. The summed E-state index contributed by atoms with van der Waals surface area (Å²) in [6, 6.07) is 7.66. The lowest BCUT2D eigenvalue weighted by molar-refractivity contribution is -0.148. The number of benzene rings is 2. The summed E-state index contributed by atoms with van der Waals surface area (Å²) >= 11 is 0. The van der Waals surface area contributed by atoms with Crippen molar-refractivity contribution in [3.05, 3.63) is 60.0 Å². The fourth-order valence-corrected chi connectivity index (χ4v) is 6.13. The second-order valence-electron chi connectivity index (χ2n) is 10.0. The van der Waals surface area contributed by atoms with Gasteiger partial charge in [0.1, 0.15) is 17.5 Å². The maximum Gasteiger partial charge on any atom is 0.308 e. The van der Waals surface area contributed by atoms with Crippen molar-refractivity contribution in [2.24, 2.45) is 17.8 Å². The van der Waals surface area contributed by atoms with Crippen LogP contribution in [0.25, 0.3) is 33.5 Å². The zero-order chi connectivity index (χ0) is 26.6. The molecule has 2 aromatic heterocycles. The number of fused-ring (bicyclic) bond motifs is 4. The Balaban J connectivity index is 1.49. The van der Waals surface area contributed by atoms with E-state index in [-0.39, 0.29) is 40.4 Å². The van der Waals surface area contributed by atoms with Crippen LogP contribution in [0.2, 0.25) is 0 Å². The standard InChI is InChI=1S/C28H25F3N4O3/c1-38-22-8-15(6-7-19(22)30)21-11-23(34-25-14-4-2-13(3-5-14)24(25)28(36)37)35-27(33-21)18-12-32-26-17(18)9-16(29)10-20(26)31/h6-14,24-25,32H,2-5H2,1H3,(H,36,37)(H,33,34,35)/t13?,14?,24-,25-/m0/s1. The lowest BCUT2D eigenvalue weighted by Crippen LogP contribution is -2.51. The van der Waals surface area contributed by atoms with Crippen molar-refractivity contribution in [2.45, 2.75) is 31.7 Å². The third-order valence-corrected chi connectivity index (χ3v) is 7.94. The predicted molar refractivity (Wildman–Crippen MR) is 135 cm³/mol. The van der Waals surface area contributed by atoms with E-state index in [1.165, 1.54) is 31.5 Å². The van der Waals surface area contributed by atoms with Gasteiger partial charge in [0.25, 0.3) is 0 Å². The molecule has 0 radical (unpaired) electrons. The molecule has 3 aliphatic carbocycles. The van der Waals surface area contributed by atoms with Gasteiger partial charge in [0.05, 0.1) is 24.2 Å². The highest BCUT2D eigenvalue weighted by molar-refractivity contribution is 5.94. The first-order chi connectivity index (χ1) is 18.3. The molecular formula is C28H25F3N4O3. The van der Waals surface area contributed by atoms with E-state index in [9.17, 15) is 23.1 Å². The summed E-state index contributed by atoms with van der Waals surface area (Å²) in [5, 5.41) is 13.6. The number of aliphatic carboxylic acids is 1. The third-order valence-electron chi connectivity index (χ3n) is 7.94. The van der Waals surface area contributed by atoms with Crippen LogP contribution in [0.15, 0.2) is 42.6 Å². The molecule has 2 bridgehead atoms. The van der Waals surface area contributed by atoms with Crippen molar-refractivity contribution in [1.82, 2.24) is 15.0 Å². The lowest BCUT2D eigenvalue weighted by Gasteiger charge is -2.47. The van der Waals surface area contributed by atoms with Crippen molar-refractivity contribution in [3.63, 3.8) is 0 Å². The van der Waals surface area contributed by atoms with Gasteiger partial charge in [-0.1, -0.05) is 0 Å². The highest BCUT2D eigenvalue weighted by atomic mass is 19.1. The molecule has 0 spiro atoms. The van der Waals surface area contributed by atoms with Crippen LogP contribution in [0.3, 0.4) is 0 Å². The molecule has 2 heterocycles. The van der Waals surface area contributed by atoms with Crippen LogP contribution in [-0.4, -0.2) is 39.2 Å². The van der Waals surface area contributed by atoms with Gasteiger partial charge in [-0.15, -0.1) is 0 Å². The number of aromatic nitrogens is 3. The molecular weight excluding hydrogens is 497 g/mol. The van der Waals surface area contributed by atoms with Crippen LogP contribution < -0.4 is 10.1 Å². The van der Waals surface area contributed by atoms with Crippen LogP contribution in [0.1, 0.15) is 25.7 Å². The summed E-state index contributed by atoms with van der Waals surface area (Å²) in [5.74, 6) is -2.54. The second-order valence-corrected chi connectivity index (χ2v) is 10.0. The van der Waals surface area contributed by atoms with E-state index in [1.54, 1.807) is 12.1 Å². The zero-order valence-electron chi connectivity index (χ0n) is 20.5. The van der Waals surface area contributed by atoms with Crippen molar-refractivity contribution in [2.75, 3.05) is 12.4 Å². The number of anilines is 1. The van der Waals surface area contributed by atoms with Gasteiger partial charge in [0, 0.05) is 40.9 Å². The van der Waals surface area contributed by atoms with E-state index in [1.807, 2.05) is 0 Å². The van der Waals surface area contributed by atoms with Gasteiger partial charge in [0.15, 0.2) is 17.4 Å². The number of rotatable bonds is 6. The van der Waals surface area contributed by atoms with Crippen LogP contribution in [-0.2, 0) is 4.79 Å². The number of ether oxygens (including phenoxy) is 1. The van der Waals surface area contributed by atoms with Crippen LogP contribution in [0, 0.1) is 35.2 Å². The van der Waals surface area contributed by atoms with Gasteiger partial charge < -0.3 is 20.1 Å².